The zero-order valence-corrected chi connectivity index (χ0v) is 17.8. The highest BCUT2D eigenvalue weighted by Crippen LogP contribution is 2.40. The van der Waals surface area contributed by atoms with Crippen molar-refractivity contribution in [1.29, 1.82) is 0 Å². The van der Waals surface area contributed by atoms with E-state index in [1.54, 1.807) is 38.1 Å². The zero-order chi connectivity index (χ0) is 21.6. The topological polar surface area (TPSA) is 92.0 Å². The van der Waals surface area contributed by atoms with Gasteiger partial charge in [-0.2, -0.15) is 9.61 Å². The molecule has 0 unspecified atom stereocenters. The highest BCUT2D eigenvalue weighted by Gasteiger charge is 2.28. The normalized spacial score (nSPS) is 17.2. The number of ether oxygens (including phenoxy) is 1. The van der Waals surface area contributed by atoms with Crippen molar-refractivity contribution in [2.24, 2.45) is 0 Å². The number of aromatic nitrogens is 3. The Hall–Kier alpha value is -2.97. The summed E-state index contributed by atoms with van der Waals surface area (Å²) in [4.78, 5) is 19.7. The van der Waals surface area contributed by atoms with Crippen molar-refractivity contribution >= 4 is 23.2 Å². The molecular formula is C23H27N5O3. The minimum absolute atomic E-state index is 0.242. The van der Waals surface area contributed by atoms with E-state index in [0.29, 0.717) is 30.5 Å². The number of morpholine rings is 1. The largest absolute Gasteiger partial charge is 0.386 e. The Morgan fingerprint density at radius 2 is 1.87 bits per heavy atom. The smallest absolute Gasteiger partial charge is 0.256 e. The summed E-state index contributed by atoms with van der Waals surface area (Å²) in [7, 11) is 0. The van der Waals surface area contributed by atoms with Crippen LogP contribution in [0.3, 0.4) is 0 Å². The van der Waals surface area contributed by atoms with Gasteiger partial charge in [0.2, 0.25) is 0 Å². The molecule has 8 nitrogen and oxygen atoms in total. The first kappa shape index (κ1) is 20.0. The number of fused-ring (bicyclic) bond motifs is 1. The van der Waals surface area contributed by atoms with Crippen LogP contribution in [0.5, 0.6) is 0 Å². The molecule has 1 aromatic carbocycles. The van der Waals surface area contributed by atoms with Gasteiger partial charge in [-0.15, -0.1) is 0 Å². The van der Waals surface area contributed by atoms with E-state index in [2.05, 4.69) is 15.2 Å². The average Bonchev–Trinajstić information content (AvgIpc) is 3.52. The third-order valence-electron chi connectivity index (χ3n) is 5.85. The molecule has 1 aliphatic heterocycles. The van der Waals surface area contributed by atoms with E-state index in [9.17, 15) is 9.90 Å². The van der Waals surface area contributed by atoms with Gasteiger partial charge in [-0.1, -0.05) is 12.1 Å². The number of aliphatic hydroxyl groups is 1. The van der Waals surface area contributed by atoms with Crippen molar-refractivity contribution in [2.45, 2.75) is 38.2 Å². The first-order valence-electron chi connectivity index (χ1n) is 10.8. The van der Waals surface area contributed by atoms with Crippen LogP contribution in [-0.2, 0) is 10.3 Å². The molecular weight excluding hydrogens is 394 g/mol. The summed E-state index contributed by atoms with van der Waals surface area (Å²) >= 11 is 0. The van der Waals surface area contributed by atoms with E-state index in [4.69, 9.17) is 9.84 Å². The van der Waals surface area contributed by atoms with Crippen molar-refractivity contribution < 1.29 is 14.6 Å². The molecule has 1 aliphatic carbocycles. The molecule has 5 rings (SSSR count). The summed E-state index contributed by atoms with van der Waals surface area (Å²) in [6.07, 6.45) is 2.34. The Labute approximate surface area is 180 Å². The van der Waals surface area contributed by atoms with Gasteiger partial charge in [0.15, 0.2) is 5.65 Å². The second-order valence-electron chi connectivity index (χ2n) is 8.80. The summed E-state index contributed by atoms with van der Waals surface area (Å²) in [5.74, 6) is 1.68. The standard InChI is InChI=1S/C23H27N5O3/c1-23(2,30)17-7-5-16(6-8-17)22(29)25-19-14-21(27-9-11-31-12-10-27)28-20(24-19)13-18(26-28)15-3-4-15/h5-8,13-15,30H,3-4,9-12H2,1-2H3,(H,24,25,29). The third kappa shape index (κ3) is 4.13. The van der Waals surface area contributed by atoms with Gasteiger partial charge in [0.25, 0.3) is 5.91 Å². The summed E-state index contributed by atoms with van der Waals surface area (Å²) in [6, 6.07) is 10.9. The Balaban J connectivity index is 1.45. The van der Waals surface area contributed by atoms with Crippen LogP contribution < -0.4 is 10.2 Å². The molecule has 162 valence electrons. The molecule has 1 saturated carbocycles. The van der Waals surface area contributed by atoms with E-state index < -0.39 is 5.60 Å². The van der Waals surface area contributed by atoms with E-state index in [0.717, 1.165) is 35.8 Å². The number of carbonyl (C=O) groups excluding carboxylic acids is 1. The first-order chi connectivity index (χ1) is 14.9. The Bertz CT molecular complexity index is 1110. The number of anilines is 2. The molecule has 0 atom stereocenters. The van der Waals surface area contributed by atoms with Gasteiger partial charge in [-0.25, -0.2) is 4.98 Å². The summed E-state index contributed by atoms with van der Waals surface area (Å²) in [5, 5.41) is 17.8. The quantitative estimate of drug-likeness (QED) is 0.658. The van der Waals surface area contributed by atoms with Crippen molar-refractivity contribution in [3.8, 4) is 0 Å². The van der Waals surface area contributed by atoms with Crippen molar-refractivity contribution in [3.63, 3.8) is 0 Å². The second-order valence-corrected chi connectivity index (χ2v) is 8.80. The van der Waals surface area contributed by atoms with Crippen LogP contribution in [0.1, 0.15) is 54.2 Å². The first-order valence-corrected chi connectivity index (χ1v) is 10.8. The second kappa shape index (κ2) is 7.62. The molecule has 0 bridgehead atoms. The van der Waals surface area contributed by atoms with E-state index >= 15 is 0 Å². The van der Waals surface area contributed by atoms with Gasteiger partial charge in [0.05, 0.1) is 24.5 Å². The van der Waals surface area contributed by atoms with Crippen LogP contribution in [0.2, 0.25) is 0 Å². The average molecular weight is 422 g/mol. The number of benzene rings is 1. The summed E-state index contributed by atoms with van der Waals surface area (Å²) in [5.41, 5.74) is 2.11. The van der Waals surface area contributed by atoms with Gasteiger partial charge in [0, 0.05) is 36.7 Å². The lowest BCUT2D eigenvalue weighted by Crippen LogP contribution is -2.37. The number of hydrogen-bond acceptors (Lipinski definition) is 6. The number of hydrogen-bond donors (Lipinski definition) is 2. The number of amides is 1. The molecule has 31 heavy (non-hydrogen) atoms. The van der Waals surface area contributed by atoms with Crippen LogP contribution in [0.25, 0.3) is 5.65 Å². The SMILES string of the molecule is CC(C)(O)c1ccc(C(=O)Nc2cc(N3CCOCC3)n3nc(C4CC4)cc3n2)cc1. The molecule has 1 amide bonds. The van der Waals surface area contributed by atoms with E-state index in [1.165, 1.54) is 12.8 Å². The lowest BCUT2D eigenvalue weighted by atomic mass is 9.97. The zero-order valence-electron chi connectivity index (χ0n) is 17.8. The fourth-order valence-electron chi connectivity index (χ4n) is 3.85. The Morgan fingerprint density at radius 3 is 2.52 bits per heavy atom. The number of nitrogens with one attached hydrogen (secondary N) is 1. The molecule has 0 spiro atoms. The highest BCUT2D eigenvalue weighted by molar-refractivity contribution is 6.04. The number of carbonyl (C=O) groups is 1. The predicted molar refractivity (Wildman–Crippen MR) is 118 cm³/mol. The van der Waals surface area contributed by atoms with Crippen LogP contribution in [0, 0.1) is 0 Å². The molecule has 1 saturated heterocycles. The minimum Gasteiger partial charge on any atom is -0.386 e. The number of nitrogens with zero attached hydrogens (tertiary/aromatic N) is 4. The molecule has 2 aliphatic rings. The van der Waals surface area contributed by atoms with Gasteiger partial charge < -0.3 is 20.1 Å². The fraction of sp³-hybridized carbons (Fsp3) is 0.435. The van der Waals surface area contributed by atoms with Crippen LogP contribution in [0.15, 0.2) is 36.4 Å². The van der Waals surface area contributed by atoms with Crippen LogP contribution in [-0.4, -0.2) is 51.9 Å². The molecule has 8 heteroatoms. The van der Waals surface area contributed by atoms with Crippen molar-refractivity contribution in [1.82, 2.24) is 14.6 Å². The third-order valence-corrected chi connectivity index (χ3v) is 5.85. The summed E-state index contributed by atoms with van der Waals surface area (Å²) < 4.78 is 7.38. The maximum Gasteiger partial charge on any atom is 0.256 e. The molecule has 2 aromatic heterocycles. The summed E-state index contributed by atoms with van der Waals surface area (Å²) in [6.45, 7) is 6.30. The van der Waals surface area contributed by atoms with Gasteiger partial charge >= 0.3 is 0 Å². The maximum absolute atomic E-state index is 12.9. The molecule has 3 heterocycles. The highest BCUT2D eigenvalue weighted by atomic mass is 16.5. The predicted octanol–water partition coefficient (Wildman–Crippen LogP) is 2.92. The maximum atomic E-state index is 12.9. The molecule has 0 radical (unpaired) electrons. The Kier molecular flexibility index (Phi) is 4.91. The van der Waals surface area contributed by atoms with E-state index in [1.807, 2.05) is 16.6 Å². The number of rotatable bonds is 5. The minimum atomic E-state index is -0.948. The van der Waals surface area contributed by atoms with Crippen molar-refractivity contribution in [3.05, 3.63) is 53.2 Å². The van der Waals surface area contributed by atoms with Gasteiger partial charge in [-0.3, -0.25) is 4.79 Å². The monoisotopic (exact) mass is 421 g/mol. The molecule has 3 aromatic rings. The van der Waals surface area contributed by atoms with Crippen LogP contribution >= 0.6 is 0 Å². The molecule has 2 fully saturated rings. The van der Waals surface area contributed by atoms with Crippen molar-refractivity contribution in [2.75, 3.05) is 36.5 Å². The van der Waals surface area contributed by atoms with E-state index in [-0.39, 0.29) is 5.91 Å². The Morgan fingerprint density at radius 1 is 1.16 bits per heavy atom. The lowest BCUT2D eigenvalue weighted by Gasteiger charge is -2.29. The lowest BCUT2D eigenvalue weighted by molar-refractivity contribution is 0.0785. The van der Waals surface area contributed by atoms with Crippen LogP contribution in [0.4, 0.5) is 11.6 Å². The molecule has 2 N–H and O–H groups in total. The van der Waals surface area contributed by atoms with Gasteiger partial charge in [-0.05, 0) is 44.4 Å². The fourth-order valence-corrected chi connectivity index (χ4v) is 3.85. The van der Waals surface area contributed by atoms with Gasteiger partial charge in [0.1, 0.15) is 11.6 Å².